The summed E-state index contributed by atoms with van der Waals surface area (Å²) in [5, 5.41) is 3.74. The molecule has 0 aliphatic rings. The van der Waals surface area contributed by atoms with E-state index in [0.717, 1.165) is 22.4 Å². The van der Waals surface area contributed by atoms with Crippen LogP contribution in [0.1, 0.15) is 46.8 Å². The molecule has 28 heavy (non-hydrogen) atoms. The summed E-state index contributed by atoms with van der Waals surface area (Å²) in [6.45, 7) is 6.59. The quantitative estimate of drug-likeness (QED) is 0.512. The molecule has 0 unspecified atom stereocenters. The number of rotatable bonds is 6. The maximum atomic E-state index is 12.8. The van der Waals surface area contributed by atoms with Gasteiger partial charge in [-0.2, -0.15) is 0 Å². The number of benzene rings is 3. The number of hydrogen-bond acceptors (Lipinski definition) is 2. The second kappa shape index (κ2) is 8.94. The summed E-state index contributed by atoms with van der Waals surface area (Å²) < 4.78 is 5.84. The third-order valence-corrected chi connectivity index (χ3v) is 4.98. The predicted molar refractivity (Wildman–Crippen MR) is 115 cm³/mol. The first-order chi connectivity index (χ1) is 13.5. The number of amides is 1. The van der Waals surface area contributed by atoms with Gasteiger partial charge in [0.05, 0.1) is 0 Å². The van der Waals surface area contributed by atoms with E-state index in [-0.39, 0.29) is 5.91 Å². The molecule has 0 spiro atoms. The fourth-order valence-corrected chi connectivity index (χ4v) is 3.22. The fourth-order valence-electron chi connectivity index (χ4n) is 3.03. The molecule has 0 heterocycles. The van der Waals surface area contributed by atoms with Crippen LogP contribution in [0.4, 0.5) is 5.69 Å². The Morgan fingerprint density at radius 1 is 1.04 bits per heavy atom. The molecule has 0 fully saturated rings. The number of nitrogens with one attached hydrogen (secondary N) is 1. The van der Waals surface area contributed by atoms with Crippen molar-refractivity contribution in [1.82, 2.24) is 0 Å². The lowest BCUT2D eigenvalue weighted by Crippen LogP contribution is -2.15. The summed E-state index contributed by atoms with van der Waals surface area (Å²) in [6.07, 6.45) is 0. The highest BCUT2D eigenvalue weighted by molar-refractivity contribution is 6.31. The average Bonchev–Trinajstić information content (AvgIpc) is 2.69. The van der Waals surface area contributed by atoms with Crippen molar-refractivity contribution in [3.05, 3.63) is 94.0 Å². The lowest BCUT2D eigenvalue weighted by atomic mass is 9.98. The maximum Gasteiger partial charge on any atom is 0.255 e. The normalized spacial score (nSPS) is 10.8. The van der Waals surface area contributed by atoms with Crippen LogP contribution in [-0.2, 0) is 6.61 Å². The van der Waals surface area contributed by atoms with E-state index in [9.17, 15) is 4.79 Å². The van der Waals surface area contributed by atoms with Crippen LogP contribution in [0.25, 0.3) is 0 Å². The van der Waals surface area contributed by atoms with Gasteiger partial charge in [-0.3, -0.25) is 4.79 Å². The van der Waals surface area contributed by atoms with E-state index >= 15 is 0 Å². The molecule has 144 valence electrons. The second-order valence-corrected chi connectivity index (χ2v) is 7.46. The van der Waals surface area contributed by atoms with Gasteiger partial charge < -0.3 is 10.1 Å². The minimum absolute atomic E-state index is 0.153. The van der Waals surface area contributed by atoms with Crippen LogP contribution in [0.3, 0.4) is 0 Å². The first-order valence-corrected chi connectivity index (χ1v) is 9.70. The smallest absolute Gasteiger partial charge is 0.255 e. The standard InChI is InChI=1S/C24H24ClNO2/c1-16(2)21-12-6-8-17(3)23(21)26-24(27)18-10-7-11-20(14-18)28-15-19-9-4-5-13-22(19)25/h4-14,16H,15H2,1-3H3,(H,26,27). The van der Waals surface area contributed by atoms with E-state index in [0.29, 0.717) is 28.9 Å². The lowest BCUT2D eigenvalue weighted by molar-refractivity contribution is 0.102. The van der Waals surface area contributed by atoms with Crippen LogP contribution >= 0.6 is 11.6 Å². The molecule has 1 amide bonds. The Hall–Kier alpha value is -2.78. The van der Waals surface area contributed by atoms with Crippen molar-refractivity contribution in [1.29, 1.82) is 0 Å². The molecule has 3 nitrogen and oxygen atoms in total. The molecule has 3 rings (SSSR count). The van der Waals surface area contributed by atoms with Crippen molar-refractivity contribution in [3.63, 3.8) is 0 Å². The number of para-hydroxylation sites is 1. The van der Waals surface area contributed by atoms with Gasteiger partial charge in [-0.25, -0.2) is 0 Å². The second-order valence-electron chi connectivity index (χ2n) is 7.06. The first kappa shape index (κ1) is 20.0. The Balaban J connectivity index is 1.75. The molecular formula is C24H24ClNO2. The summed E-state index contributed by atoms with van der Waals surface area (Å²) >= 11 is 6.17. The van der Waals surface area contributed by atoms with Crippen molar-refractivity contribution in [2.75, 3.05) is 5.32 Å². The van der Waals surface area contributed by atoms with Crippen LogP contribution in [0.15, 0.2) is 66.7 Å². The zero-order chi connectivity index (χ0) is 20.1. The summed E-state index contributed by atoms with van der Waals surface area (Å²) in [5.41, 5.74) is 4.50. The Labute approximate surface area is 171 Å². The van der Waals surface area contributed by atoms with Crippen LogP contribution in [0, 0.1) is 6.92 Å². The third-order valence-electron chi connectivity index (χ3n) is 4.61. The van der Waals surface area contributed by atoms with Crippen LogP contribution < -0.4 is 10.1 Å². The van der Waals surface area contributed by atoms with Gasteiger partial charge in [-0.05, 0) is 48.2 Å². The van der Waals surface area contributed by atoms with Crippen LogP contribution in [-0.4, -0.2) is 5.91 Å². The van der Waals surface area contributed by atoms with Crippen molar-refractivity contribution >= 4 is 23.2 Å². The molecule has 0 aliphatic heterocycles. The van der Waals surface area contributed by atoms with Crippen molar-refractivity contribution < 1.29 is 9.53 Å². The minimum Gasteiger partial charge on any atom is -0.489 e. The number of ether oxygens (including phenoxy) is 1. The number of halogens is 1. The van der Waals surface area contributed by atoms with Gasteiger partial charge in [-0.1, -0.05) is 67.9 Å². The molecule has 1 N–H and O–H groups in total. The van der Waals surface area contributed by atoms with Crippen LogP contribution in [0.2, 0.25) is 5.02 Å². The Bertz CT molecular complexity index is 982. The Morgan fingerprint density at radius 3 is 2.54 bits per heavy atom. The monoisotopic (exact) mass is 393 g/mol. The van der Waals surface area contributed by atoms with Gasteiger partial charge >= 0.3 is 0 Å². The van der Waals surface area contributed by atoms with Crippen molar-refractivity contribution in [3.8, 4) is 5.75 Å². The molecule has 0 atom stereocenters. The summed E-state index contributed by atoms with van der Waals surface area (Å²) in [6, 6.07) is 20.8. The fraction of sp³-hybridized carbons (Fsp3) is 0.208. The van der Waals surface area contributed by atoms with Crippen molar-refractivity contribution in [2.24, 2.45) is 0 Å². The average molecular weight is 394 g/mol. The number of anilines is 1. The first-order valence-electron chi connectivity index (χ1n) is 9.33. The molecule has 3 aromatic rings. The van der Waals surface area contributed by atoms with Gasteiger partial charge in [0.15, 0.2) is 0 Å². The summed E-state index contributed by atoms with van der Waals surface area (Å²) in [5.74, 6) is 0.793. The maximum absolute atomic E-state index is 12.8. The molecule has 0 aliphatic carbocycles. The largest absolute Gasteiger partial charge is 0.489 e. The number of carbonyl (C=O) groups excluding carboxylic acids is 1. The van der Waals surface area contributed by atoms with E-state index in [1.165, 1.54) is 0 Å². The summed E-state index contributed by atoms with van der Waals surface area (Å²) in [4.78, 5) is 12.8. The number of hydrogen-bond donors (Lipinski definition) is 1. The van der Waals surface area contributed by atoms with Gasteiger partial charge in [-0.15, -0.1) is 0 Å². The van der Waals surface area contributed by atoms with Gasteiger partial charge in [0.1, 0.15) is 12.4 Å². The zero-order valence-corrected chi connectivity index (χ0v) is 17.1. The SMILES string of the molecule is Cc1cccc(C(C)C)c1NC(=O)c1cccc(OCc2ccccc2Cl)c1. The van der Waals surface area contributed by atoms with Crippen molar-refractivity contribution in [2.45, 2.75) is 33.3 Å². The topological polar surface area (TPSA) is 38.3 Å². The molecule has 0 saturated carbocycles. The van der Waals surface area contributed by atoms with E-state index < -0.39 is 0 Å². The third kappa shape index (κ3) is 4.73. The minimum atomic E-state index is -0.153. The van der Waals surface area contributed by atoms with E-state index in [1.807, 2.05) is 55.5 Å². The van der Waals surface area contributed by atoms with Gasteiger partial charge in [0.2, 0.25) is 0 Å². The highest BCUT2D eigenvalue weighted by Gasteiger charge is 2.14. The molecule has 0 bridgehead atoms. The number of aryl methyl sites for hydroxylation is 1. The predicted octanol–water partition coefficient (Wildman–Crippen LogP) is 6.60. The van der Waals surface area contributed by atoms with Gasteiger partial charge in [0.25, 0.3) is 5.91 Å². The molecule has 0 saturated heterocycles. The highest BCUT2D eigenvalue weighted by Crippen LogP contribution is 2.28. The summed E-state index contributed by atoms with van der Waals surface area (Å²) in [7, 11) is 0. The zero-order valence-electron chi connectivity index (χ0n) is 16.3. The van der Waals surface area contributed by atoms with E-state index in [4.69, 9.17) is 16.3 Å². The molecular weight excluding hydrogens is 370 g/mol. The highest BCUT2D eigenvalue weighted by atomic mass is 35.5. The molecule has 3 aromatic carbocycles. The lowest BCUT2D eigenvalue weighted by Gasteiger charge is -2.16. The number of carbonyl (C=O) groups is 1. The molecule has 4 heteroatoms. The van der Waals surface area contributed by atoms with Gasteiger partial charge in [0, 0.05) is 21.8 Å². The Morgan fingerprint density at radius 2 is 1.79 bits per heavy atom. The molecule has 0 radical (unpaired) electrons. The van der Waals surface area contributed by atoms with E-state index in [1.54, 1.807) is 12.1 Å². The Kier molecular flexibility index (Phi) is 6.37. The van der Waals surface area contributed by atoms with E-state index in [2.05, 4.69) is 25.2 Å². The van der Waals surface area contributed by atoms with Crippen LogP contribution in [0.5, 0.6) is 5.75 Å². The molecule has 0 aromatic heterocycles.